The second kappa shape index (κ2) is 17.7. The Bertz CT molecular complexity index is 2110. The number of methoxy groups -OCH3 is 2. The maximum absolute atomic E-state index is 13.7. The third kappa shape index (κ3) is 9.75. The zero-order valence-corrected chi connectivity index (χ0v) is 30.6. The van der Waals surface area contributed by atoms with Gasteiger partial charge in [0.25, 0.3) is 11.1 Å². The first-order valence-corrected chi connectivity index (χ1v) is 18.1. The van der Waals surface area contributed by atoms with Gasteiger partial charge in [0.1, 0.15) is 16.9 Å². The predicted octanol–water partition coefficient (Wildman–Crippen LogP) is 2.12. The number of hydrogen-bond acceptors (Lipinski definition) is 13. The molecule has 0 unspecified atom stereocenters. The van der Waals surface area contributed by atoms with E-state index in [-0.39, 0.29) is 16.9 Å². The van der Waals surface area contributed by atoms with E-state index >= 15 is 0 Å². The molecule has 16 heteroatoms. The first-order valence-electron chi connectivity index (χ1n) is 18.1. The average Bonchev–Trinajstić information content (AvgIpc) is 3.18. The molecule has 0 radical (unpaired) electrons. The van der Waals surface area contributed by atoms with Crippen molar-refractivity contribution >= 4 is 22.3 Å². The normalized spacial score (nSPS) is 16.1. The molecule has 2 saturated heterocycles. The van der Waals surface area contributed by atoms with E-state index in [4.69, 9.17) is 15.2 Å². The summed E-state index contributed by atoms with van der Waals surface area (Å²) in [6.45, 7) is 8.82. The van der Waals surface area contributed by atoms with Crippen LogP contribution in [0.1, 0.15) is 36.9 Å². The van der Waals surface area contributed by atoms with E-state index in [1.807, 2.05) is 0 Å². The Balaban J connectivity index is 0.000000192. The fourth-order valence-corrected chi connectivity index (χ4v) is 6.62. The molecule has 0 bridgehead atoms. The molecule has 0 atom stereocenters. The van der Waals surface area contributed by atoms with E-state index < -0.39 is 0 Å². The summed E-state index contributed by atoms with van der Waals surface area (Å²) in [6.07, 6.45) is 8.86. The zero-order valence-electron chi connectivity index (χ0n) is 30.6. The van der Waals surface area contributed by atoms with Crippen LogP contribution in [0.25, 0.3) is 22.3 Å². The van der Waals surface area contributed by atoms with Crippen LogP contribution in [0.3, 0.4) is 0 Å². The van der Waals surface area contributed by atoms with Crippen molar-refractivity contribution in [3.63, 3.8) is 0 Å². The van der Waals surface area contributed by atoms with Crippen LogP contribution in [0, 0.1) is 12.7 Å². The van der Waals surface area contributed by atoms with Gasteiger partial charge in [-0.15, -0.1) is 0 Å². The van der Waals surface area contributed by atoms with Gasteiger partial charge in [0.2, 0.25) is 11.8 Å². The number of ether oxygens (including phenoxy) is 2. The lowest BCUT2D eigenvalue weighted by atomic mass is 10.0. The van der Waals surface area contributed by atoms with Crippen LogP contribution in [0.15, 0.2) is 58.5 Å². The quantitative estimate of drug-likeness (QED) is 0.203. The van der Waals surface area contributed by atoms with Gasteiger partial charge in [-0.25, -0.2) is 14.4 Å². The van der Waals surface area contributed by atoms with Crippen molar-refractivity contribution < 1.29 is 13.9 Å². The Labute approximate surface area is 307 Å². The van der Waals surface area contributed by atoms with Crippen LogP contribution in [0.5, 0.6) is 11.8 Å². The summed E-state index contributed by atoms with van der Waals surface area (Å²) in [5, 5.41) is 3.50. The second-order valence-electron chi connectivity index (χ2n) is 13.5. The highest BCUT2D eigenvalue weighted by Gasteiger charge is 2.20. The van der Waals surface area contributed by atoms with E-state index in [1.165, 1.54) is 26.4 Å². The van der Waals surface area contributed by atoms with Gasteiger partial charge in [0.05, 0.1) is 32.3 Å². The van der Waals surface area contributed by atoms with Gasteiger partial charge in [-0.3, -0.25) is 23.7 Å². The Morgan fingerprint density at radius 2 is 1.26 bits per heavy atom. The molecular formula is C37H48FN11O4. The van der Waals surface area contributed by atoms with Crippen LogP contribution in [0.4, 0.5) is 4.39 Å². The molecule has 15 nitrogen and oxygen atoms in total. The van der Waals surface area contributed by atoms with Crippen molar-refractivity contribution in [2.75, 3.05) is 53.5 Å². The number of likely N-dealkylation sites (tertiary alicyclic amines) is 2. The fourth-order valence-electron chi connectivity index (χ4n) is 6.62. The van der Waals surface area contributed by atoms with Crippen molar-refractivity contribution in [3.8, 4) is 11.8 Å². The molecule has 2 aliphatic heterocycles. The first kappa shape index (κ1) is 37.8. The van der Waals surface area contributed by atoms with Crippen molar-refractivity contribution in [3.05, 3.63) is 86.7 Å². The molecule has 282 valence electrons. The molecule has 0 saturated carbocycles. The highest BCUT2D eigenvalue weighted by Crippen LogP contribution is 2.16. The number of nitrogens with one attached hydrogen (secondary N) is 1. The van der Waals surface area contributed by atoms with Crippen molar-refractivity contribution in [1.29, 1.82) is 0 Å². The van der Waals surface area contributed by atoms with E-state index in [0.29, 0.717) is 71.5 Å². The van der Waals surface area contributed by atoms with E-state index in [2.05, 4.69) is 40.0 Å². The first-order chi connectivity index (χ1) is 25.7. The van der Waals surface area contributed by atoms with Crippen LogP contribution < -0.4 is 31.6 Å². The Hall–Kier alpha value is -4.90. The van der Waals surface area contributed by atoms with Gasteiger partial charge in [-0.2, -0.15) is 9.97 Å². The number of nitrogens with two attached hydrogens (primary N) is 1. The lowest BCUT2D eigenvalue weighted by molar-refractivity contribution is 0.191. The summed E-state index contributed by atoms with van der Waals surface area (Å²) in [5.41, 5.74) is 9.53. The highest BCUT2D eigenvalue weighted by atomic mass is 19.1. The lowest BCUT2D eigenvalue weighted by Crippen LogP contribution is -2.43. The van der Waals surface area contributed by atoms with E-state index in [9.17, 15) is 14.0 Å². The molecule has 5 aromatic rings. The van der Waals surface area contributed by atoms with Crippen molar-refractivity contribution in [2.24, 2.45) is 5.73 Å². The third-order valence-electron chi connectivity index (χ3n) is 9.92. The lowest BCUT2D eigenvalue weighted by Gasteiger charge is -2.32. The molecule has 0 aliphatic carbocycles. The van der Waals surface area contributed by atoms with Crippen LogP contribution in [-0.4, -0.2) is 109 Å². The number of piperidine rings is 2. The maximum atomic E-state index is 13.7. The summed E-state index contributed by atoms with van der Waals surface area (Å²) >= 11 is 0. The van der Waals surface area contributed by atoms with Gasteiger partial charge in [-0.1, -0.05) is 0 Å². The summed E-state index contributed by atoms with van der Waals surface area (Å²) in [7, 11) is 3.07. The monoisotopic (exact) mass is 729 g/mol. The Morgan fingerprint density at radius 1 is 0.755 bits per heavy atom. The van der Waals surface area contributed by atoms with E-state index in [1.54, 1.807) is 52.8 Å². The molecule has 53 heavy (non-hydrogen) atoms. The maximum Gasteiger partial charge on any atom is 0.252 e. The van der Waals surface area contributed by atoms with E-state index in [0.717, 1.165) is 70.5 Å². The number of halogens is 1. The van der Waals surface area contributed by atoms with Crippen LogP contribution in [-0.2, 0) is 19.6 Å². The van der Waals surface area contributed by atoms with Gasteiger partial charge < -0.3 is 30.3 Å². The van der Waals surface area contributed by atoms with Crippen molar-refractivity contribution in [2.45, 2.75) is 64.3 Å². The standard InChI is InChI=1S/C22H27FN6O2.C15H21N5O2/c1-15-18(23)11-16(12-24-15)13-25-17-5-7-28(8-6-17)9-10-29-21(30)4-3-19-22(29)27-20(31-2)14-26-19;1-22-13-10-17-12-2-3-14(21)20(15(12)18-13)9-8-19-6-4-11(16)5-7-19/h3-4,11-12,14,17,25H,5-10,13H2,1-2H3;2-3,10-11H,4-9,16H2,1H3. The number of pyridine rings is 3. The van der Waals surface area contributed by atoms with Crippen LogP contribution in [0.2, 0.25) is 0 Å². The molecule has 5 aromatic heterocycles. The smallest absolute Gasteiger partial charge is 0.252 e. The molecule has 0 amide bonds. The minimum Gasteiger partial charge on any atom is -0.480 e. The SMILES string of the molecule is COc1cnc2ccc(=O)n(CCN3CCC(N)CC3)c2n1.COc1cnc2ccc(=O)n(CCN3CCC(NCc4cnc(C)c(F)c4)CC3)c2n1. The molecule has 0 aromatic carbocycles. The average molecular weight is 730 g/mol. The van der Waals surface area contributed by atoms with Gasteiger partial charge >= 0.3 is 0 Å². The van der Waals surface area contributed by atoms with Crippen LogP contribution >= 0.6 is 0 Å². The van der Waals surface area contributed by atoms with Crippen molar-refractivity contribution in [1.82, 2.24) is 49.2 Å². The summed E-state index contributed by atoms with van der Waals surface area (Å²) in [6, 6.07) is 8.69. The molecular weight excluding hydrogens is 681 g/mol. The number of nitrogens with zero attached hydrogens (tertiary/aromatic N) is 9. The largest absolute Gasteiger partial charge is 0.480 e. The third-order valence-corrected chi connectivity index (χ3v) is 9.92. The summed E-state index contributed by atoms with van der Waals surface area (Å²) in [4.78, 5) is 50.7. The topological polar surface area (TPSA) is 171 Å². The number of rotatable bonds is 11. The van der Waals surface area contributed by atoms with Gasteiger partial charge in [0.15, 0.2) is 11.3 Å². The van der Waals surface area contributed by atoms with Gasteiger partial charge in [-0.05, 0) is 82.5 Å². The second-order valence-corrected chi connectivity index (χ2v) is 13.5. The fraction of sp³-hybridized carbons (Fsp3) is 0.486. The molecule has 7 heterocycles. The Kier molecular flexibility index (Phi) is 12.7. The highest BCUT2D eigenvalue weighted by molar-refractivity contribution is 5.70. The summed E-state index contributed by atoms with van der Waals surface area (Å²) < 4.78 is 27.2. The zero-order chi connectivity index (χ0) is 37.3. The summed E-state index contributed by atoms with van der Waals surface area (Å²) in [5.74, 6) is 0.540. The number of aryl methyl sites for hydroxylation is 1. The number of aromatic nitrogens is 7. The molecule has 2 fully saturated rings. The number of fused-ring (bicyclic) bond motifs is 2. The number of hydrogen-bond donors (Lipinski definition) is 2. The minimum atomic E-state index is -0.264. The molecule has 3 N–H and O–H groups in total. The molecule has 2 aliphatic rings. The predicted molar refractivity (Wildman–Crippen MR) is 200 cm³/mol. The van der Waals surface area contributed by atoms with Gasteiger partial charge in [0, 0.05) is 63.1 Å². The molecule has 7 rings (SSSR count). The molecule has 0 spiro atoms. The Morgan fingerprint density at radius 3 is 1.75 bits per heavy atom. The minimum absolute atomic E-state index is 0.0660.